The smallest absolute Gasteiger partial charge is 0.370 e. The second kappa shape index (κ2) is 5.29. The zero-order chi connectivity index (χ0) is 13.9. The number of hydrogen-bond donors (Lipinski definition) is 1. The minimum atomic E-state index is -4.35. The zero-order valence-electron chi connectivity index (χ0n) is 10.3. The van der Waals surface area contributed by atoms with Crippen LogP contribution in [0.3, 0.4) is 0 Å². The van der Waals surface area contributed by atoms with Crippen molar-refractivity contribution in [2.24, 2.45) is 7.05 Å². The maximum Gasteiger partial charge on any atom is 0.416 e. The van der Waals surface area contributed by atoms with E-state index in [9.17, 15) is 13.2 Å². The second-order valence-corrected chi connectivity index (χ2v) is 4.05. The van der Waals surface area contributed by atoms with E-state index in [0.717, 1.165) is 24.0 Å². The number of pyridine rings is 1. The molecule has 2 heterocycles. The van der Waals surface area contributed by atoms with E-state index in [4.69, 9.17) is 0 Å². The molecular weight excluding hydrogens is 257 g/mol. The van der Waals surface area contributed by atoms with Crippen LogP contribution in [0.5, 0.6) is 0 Å². The van der Waals surface area contributed by atoms with Gasteiger partial charge in [-0.2, -0.15) is 18.3 Å². The van der Waals surface area contributed by atoms with Gasteiger partial charge in [0.25, 0.3) is 0 Å². The lowest BCUT2D eigenvalue weighted by Crippen LogP contribution is -2.11. The monoisotopic (exact) mass is 270 g/mol. The summed E-state index contributed by atoms with van der Waals surface area (Å²) in [6.45, 7) is 0.494. The quantitative estimate of drug-likeness (QED) is 0.928. The first-order valence-corrected chi connectivity index (χ1v) is 5.71. The fourth-order valence-corrected chi connectivity index (χ4v) is 1.67. The summed E-state index contributed by atoms with van der Waals surface area (Å²) in [7, 11) is 1.82. The van der Waals surface area contributed by atoms with Crippen LogP contribution < -0.4 is 5.32 Å². The maximum atomic E-state index is 12.5. The van der Waals surface area contributed by atoms with Crippen molar-refractivity contribution < 1.29 is 13.2 Å². The minimum Gasteiger partial charge on any atom is -0.370 e. The first kappa shape index (κ1) is 13.4. The molecule has 0 atom stereocenters. The van der Waals surface area contributed by atoms with Crippen LogP contribution in [0, 0.1) is 0 Å². The highest BCUT2D eigenvalue weighted by Gasteiger charge is 2.30. The first-order valence-electron chi connectivity index (χ1n) is 5.71. The number of alkyl halides is 3. The average molecular weight is 270 g/mol. The number of anilines is 1. The molecule has 102 valence electrons. The van der Waals surface area contributed by atoms with E-state index in [0.29, 0.717) is 13.0 Å². The molecule has 0 unspecified atom stereocenters. The third kappa shape index (κ3) is 3.46. The Balaban J connectivity index is 1.95. The van der Waals surface area contributed by atoms with Crippen molar-refractivity contribution in [1.29, 1.82) is 0 Å². The minimum absolute atomic E-state index is 0.219. The van der Waals surface area contributed by atoms with Crippen LogP contribution in [0.1, 0.15) is 11.3 Å². The maximum absolute atomic E-state index is 12.5. The lowest BCUT2D eigenvalue weighted by molar-refractivity contribution is -0.137. The van der Waals surface area contributed by atoms with Gasteiger partial charge in [0.15, 0.2) is 0 Å². The molecule has 19 heavy (non-hydrogen) atoms. The van der Waals surface area contributed by atoms with Crippen LogP contribution in [-0.2, 0) is 19.6 Å². The number of hydrogen-bond acceptors (Lipinski definition) is 3. The van der Waals surface area contributed by atoms with Crippen molar-refractivity contribution in [3.63, 3.8) is 0 Å². The van der Waals surface area contributed by atoms with Gasteiger partial charge in [-0.25, -0.2) is 4.98 Å². The van der Waals surface area contributed by atoms with Crippen LogP contribution in [0.25, 0.3) is 0 Å². The molecule has 0 amide bonds. The van der Waals surface area contributed by atoms with Gasteiger partial charge in [-0.3, -0.25) is 4.68 Å². The van der Waals surface area contributed by atoms with Crippen LogP contribution in [0.2, 0.25) is 0 Å². The Morgan fingerprint density at radius 1 is 1.26 bits per heavy atom. The Bertz CT molecular complexity index is 548. The van der Waals surface area contributed by atoms with Gasteiger partial charge in [0, 0.05) is 38.1 Å². The van der Waals surface area contributed by atoms with Crippen molar-refractivity contribution >= 4 is 5.82 Å². The number of aromatic nitrogens is 3. The molecule has 2 rings (SSSR count). The van der Waals surface area contributed by atoms with Gasteiger partial charge in [-0.1, -0.05) is 0 Å². The Morgan fingerprint density at radius 3 is 2.68 bits per heavy atom. The van der Waals surface area contributed by atoms with E-state index in [1.165, 1.54) is 0 Å². The lowest BCUT2D eigenvalue weighted by Gasteiger charge is -2.09. The molecule has 0 radical (unpaired) electrons. The van der Waals surface area contributed by atoms with Crippen molar-refractivity contribution in [2.75, 3.05) is 11.9 Å². The van der Waals surface area contributed by atoms with E-state index >= 15 is 0 Å². The predicted molar refractivity (Wildman–Crippen MR) is 64.6 cm³/mol. The third-order valence-electron chi connectivity index (χ3n) is 2.70. The van der Waals surface area contributed by atoms with Gasteiger partial charge in [-0.15, -0.1) is 0 Å². The summed E-state index contributed by atoms with van der Waals surface area (Å²) in [6.07, 6.45) is -0.858. The Morgan fingerprint density at radius 2 is 2.05 bits per heavy atom. The first-order chi connectivity index (χ1) is 8.97. The van der Waals surface area contributed by atoms with Crippen LogP contribution in [0.4, 0.5) is 19.0 Å². The summed E-state index contributed by atoms with van der Waals surface area (Å²) >= 11 is 0. The molecule has 1 N–H and O–H groups in total. The SMILES string of the molecule is Cn1nccc1CCNc1cc(C(F)(F)F)ccn1. The van der Waals surface area contributed by atoms with Crippen molar-refractivity contribution in [3.05, 3.63) is 41.9 Å². The van der Waals surface area contributed by atoms with E-state index in [1.54, 1.807) is 10.9 Å². The standard InChI is InChI=1S/C12H13F3N4/c1-19-10(4-7-18-19)3-6-17-11-8-9(2-5-16-11)12(13,14)15/h2,4-5,7-8H,3,6H2,1H3,(H,16,17). The lowest BCUT2D eigenvalue weighted by atomic mass is 10.2. The molecule has 0 aliphatic heterocycles. The molecule has 0 aromatic carbocycles. The molecule has 0 saturated carbocycles. The summed E-state index contributed by atoms with van der Waals surface area (Å²) in [5.74, 6) is 0.219. The molecule has 0 fully saturated rings. The van der Waals surface area contributed by atoms with Gasteiger partial charge in [0.1, 0.15) is 5.82 Å². The number of nitrogens with zero attached hydrogens (tertiary/aromatic N) is 3. The molecule has 0 aliphatic carbocycles. The molecule has 2 aromatic rings. The molecule has 0 saturated heterocycles. The molecule has 0 spiro atoms. The van der Waals surface area contributed by atoms with Crippen LogP contribution >= 0.6 is 0 Å². The molecule has 4 nitrogen and oxygen atoms in total. The van der Waals surface area contributed by atoms with Gasteiger partial charge in [-0.05, 0) is 18.2 Å². The van der Waals surface area contributed by atoms with E-state index in [2.05, 4.69) is 15.4 Å². The van der Waals surface area contributed by atoms with Crippen molar-refractivity contribution in [1.82, 2.24) is 14.8 Å². The highest BCUT2D eigenvalue weighted by molar-refractivity contribution is 5.38. The number of halogens is 3. The molecule has 0 aliphatic rings. The second-order valence-electron chi connectivity index (χ2n) is 4.05. The van der Waals surface area contributed by atoms with E-state index < -0.39 is 11.7 Å². The number of aryl methyl sites for hydroxylation is 1. The van der Waals surface area contributed by atoms with Crippen LogP contribution in [0.15, 0.2) is 30.6 Å². The molecular formula is C12H13F3N4. The largest absolute Gasteiger partial charge is 0.416 e. The van der Waals surface area contributed by atoms with Gasteiger partial charge in [0.05, 0.1) is 5.56 Å². The highest BCUT2D eigenvalue weighted by Crippen LogP contribution is 2.29. The van der Waals surface area contributed by atoms with Crippen molar-refractivity contribution in [2.45, 2.75) is 12.6 Å². The third-order valence-corrected chi connectivity index (χ3v) is 2.70. The Labute approximate surface area is 108 Å². The summed E-state index contributed by atoms with van der Waals surface area (Å²) < 4.78 is 39.2. The molecule has 0 bridgehead atoms. The summed E-state index contributed by atoms with van der Waals surface area (Å²) in [4.78, 5) is 3.86. The normalized spacial score (nSPS) is 11.6. The Kier molecular flexibility index (Phi) is 3.73. The van der Waals surface area contributed by atoms with Crippen LogP contribution in [-0.4, -0.2) is 21.3 Å². The fourth-order valence-electron chi connectivity index (χ4n) is 1.67. The highest BCUT2D eigenvalue weighted by atomic mass is 19.4. The Hall–Kier alpha value is -2.05. The summed E-state index contributed by atoms with van der Waals surface area (Å²) in [5.41, 5.74) is 0.296. The average Bonchev–Trinajstić information content (AvgIpc) is 2.75. The summed E-state index contributed by atoms with van der Waals surface area (Å²) in [6, 6.07) is 3.82. The van der Waals surface area contributed by atoms with E-state index in [-0.39, 0.29) is 5.82 Å². The molecule has 2 aromatic heterocycles. The topological polar surface area (TPSA) is 42.7 Å². The predicted octanol–water partition coefficient (Wildman–Crippen LogP) is 2.49. The zero-order valence-corrected chi connectivity index (χ0v) is 10.3. The van der Waals surface area contributed by atoms with Gasteiger partial charge in [0.2, 0.25) is 0 Å². The fraction of sp³-hybridized carbons (Fsp3) is 0.333. The number of rotatable bonds is 4. The van der Waals surface area contributed by atoms with E-state index in [1.807, 2.05) is 13.1 Å². The van der Waals surface area contributed by atoms with Gasteiger partial charge < -0.3 is 5.32 Å². The van der Waals surface area contributed by atoms with Gasteiger partial charge >= 0.3 is 6.18 Å². The molecule has 7 heteroatoms. The number of nitrogens with one attached hydrogen (secondary N) is 1. The van der Waals surface area contributed by atoms with Crippen molar-refractivity contribution in [3.8, 4) is 0 Å². The summed E-state index contributed by atoms with van der Waals surface area (Å²) in [5, 5.41) is 6.88.